The van der Waals surface area contributed by atoms with Crippen molar-refractivity contribution in [3.63, 3.8) is 0 Å². The van der Waals surface area contributed by atoms with Gasteiger partial charge in [0.15, 0.2) is 17.7 Å². The summed E-state index contributed by atoms with van der Waals surface area (Å²) in [5, 5.41) is 38.5. The predicted octanol–water partition coefficient (Wildman–Crippen LogP) is -4.19. The Bertz CT molecular complexity index is 708. The molecule has 0 bridgehead atoms. The lowest BCUT2D eigenvalue weighted by atomic mass is 9.76. The Balaban J connectivity index is 7.23. The summed E-state index contributed by atoms with van der Waals surface area (Å²) in [7, 11) is 0. The summed E-state index contributed by atoms with van der Waals surface area (Å²) in [6.07, 6.45) is -7.14. The maximum absolute atomic E-state index is 12.9. The van der Waals surface area contributed by atoms with Crippen molar-refractivity contribution in [2.75, 3.05) is 13.2 Å². The number of amides is 2. The number of nitrogens with two attached hydrogens (primary N) is 1. The molecule has 0 radical (unpaired) electrons. The van der Waals surface area contributed by atoms with Gasteiger partial charge < -0.3 is 30.9 Å². The molecule has 0 aliphatic rings. The third-order valence-electron chi connectivity index (χ3n) is 4.23. The smallest absolute Gasteiger partial charge is 0.325 e. The van der Waals surface area contributed by atoms with Gasteiger partial charge in [0.2, 0.25) is 23.1 Å². The van der Waals surface area contributed by atoms with Crippen LogP contribution in [-0.2, 0) is 33.5 Å². The Hall–Kier alpha value is -2.58. The Morgan fingerprint density at radius 3 is 1.70 bits per heavy atom. The van der Waals surface area contributed by atoms with E-state index in [1.54, 1.807) is 0 Å². The number of rotatable bonds is 11. The number of esters is 1. The molecule has 0 saturated carbocycles. The van der Waals surface area contributed by atoms with Gasteiger partial charge in [-0.05, 0) is 6.92 Å². The van der Waals surface area contributed by atoms with Crippen molar-refractivity contribution >= 4 is 35.1 Å². The van der Waals surface area contributed by atoms with Gasteiger partial charge in [-0.2, -0.15) is 0 Å². The monoisotopic (exact) mass is 434 g/mol. The Kier molecular flexibility index (Phi) is 10.0. The van der Waals surface area contributed by atoms with E-state index < -0.39 is 78.2 Å². The first kappa shape index (κ1) is 27.4. The highest BCUT2D eigenvalue weighted by Gasteiger charge is 2.63. The van der Waals surface area contributed by atoms with Gasteiger partial charge in [0, 0.05) is 20.8 Å². The largest absolute Gasteiger partial charge is 0.455 e. The summed E-state index contributed by atoms with van der Waals surface area (Å²) in [5.41, 5.74) is 2.10. The highest BCUT2D eigenvalue weighted by Crippen LogP contribution is 2.31. The van der Waals surface area contributed by atoms with Crippen LogP contribution in [0.15, 0.2) is 0 Å². The number of aliphatic hydroxyl groups is 4. The van der Waals surface area contributed by atoms with Gasteiger partial charge >= 0.3 is 5.97 Å². The molecule has 13 heteroatoms. The van der Waals surface area contributed by atoms with Crippen LogP contribution in [0.4, 0.5) is 0 Å². The highest BCUT2D eigenvalue weighted by atomic mass is 16.6. The Labute approximate surface area is 171 Å². The minimum Gasteiger partial charge on any atom is -0.455 e. The number of nitrogens with zero attached hydrogens (tertiary/aromatic N) is 1. The number of ether oxygens (including phenoxy) is 1. The van der Waals surface area contributed by atoms with Gasteiger partial charge in [0.05, 0.1) is 13.2 Å². The van der Waals surface area contributed by atoms with Gasteiger partial charge in [-0.15, -0.1) is 0 Å². The molecule has 0 aromatic rings. The lowest BCUT2D eigenvalue weighted by Gasteiger charge is -2.44. The molecular formula is C17H26N2O11. The molecular weight excluding hydrogens is 408 g/mol. The highest BCUT2D eigenvalue weighted by molar-refractivity contribution is 6.45. The standard InChI is InChI=1S/C17H26N2O11/c1-7(22)14(28)17(8(2)23,19(9(3)24)10(4)25)15(13(27)12(26)6-21)30-16(29)11(18)5-20/h11-13,15,20-21,26-27H,5-6,18H2,1-4H3/t11-,12+,13-,15-,17-/m0/s1. The summed E-state index contributed by atoms with van der Waals surface area (Å²) in [5.74, 6) is -8.39. The first-order valence-corrected chi connectivity index (χ1v) is 8.63. The van der Waals surface area contributed by atoms with Crippen LogP contribution < -0.4 is 5.73 Å². The molecule has 0 aliphatic carbocycles. The number of hydrogen-bond acceptors (Lipinski definition) is 12. The fourth-order valence-electron chi connectivity index (χ4n) is 2.86. The molecule has 0 saturated heterocycles. The zero-order valence-electron chi connectivity index (χ0n) is 16.9. The van der Waals surface area contributed by atoms with Crippen LogP contribution >= 0.6 is 0 Å². The van der Waals surface area contributed by atoms with Gasteiger partial charge in [-0.25, -0.2) is 0 Å². The number of hydrogen-bond donors (Lipinski definition) is 5. The molecule has 0 aromatic heterocycles. The average molecular weight is 434 g/mol. The van der Waals surface area contributed by atoms with Crippen molar-refractivity contribution in [1.29, 1.82) is 0 Å². The average Bonchev–Trinajstić information content (AvgIpc) is 2.66. The van der Waals surface area contributed by atoms with E-state index in [0.29, 0.717) is 13.8 Å². The lowest BCUT2D eigenvalue weighted by Crippen LogP contribution is -2.74. The van der Waals surface area contributed by atoms with Crippen LogP contribution in [0.5, 0.6) is 0 Å². The van der Waals surface area contributed by atoms with Crippen LogP contribution in [0.3, 0.4) is 0 Å². The van der Waals surface area contributed by atoms with Gasteiger partial charge in [-0.1, -0.05) is 0 Å². The molecule has 13 nitrogen and oxygen atoms in total. The molecule has 30 heavy (non-hydrogen) atoms. The number of Topliss-reactive ketones (excluding diaryl/α,β-unsaturated/α-hetero) is 3. The minimum absolute atomic E-state index is 0.0226. The Morgan fingerprint density at radius 1 is 0.933 bits per heavy atom. The Morgan fingerprint density at radius 2 is 1.40 bits per heavy atom. The van der Waals surface area contributed by atoms with E-state index in [1.807, 2.05) is 0 Å². The SMILES string of the molecule is CC(=O)C(=O)[C@@](C(C)=O)([C@@H](OC(=O)[C@@H](N)CO)[C@@H](O)[C@H](O)CO)N(C(C)=O)C(C)=O. The maximum atomic E-state index is 12.9. The zero-order chi connectivity index (χ0) is 24.0. The van der Waals surface area contributed by atoms with E-state index in [2.05, 4.69) is 0 Å². The van der Waals surface area contributed by atoms with Crippen LogP contribution in [0.1, 0.15) is 27.7 Å². The molecule has 0 fully saturated rings. The predicted molar refractivity (Wildman–Crippen MR) is 96.3 cm³/mol. The summed E-state index contributed by atoms with van der Waals surface area (Å²) in [6.45, 7) is 0.778. The van der Waals surface area contributed by atoms with E-state index in [9.17, 15) is 39.0 Å². The molecule has 6 N–H and O–H groups in total. The number of carbonyl (C=O) groups excluding carboxylic acids is 6. The van der Waals surface area contributed by atoms with Gasteiger partial charge in [0.25, 0.3) is 0 Å². The quantitative estimate of drug-likeness (QED) is 0.119. The number of imide groups is 1. The molecule has 0 aliphatic heterocycles. The van der Waals surface area contributed by atoms with Crippen LogP contribution in [0, 0.1) is 0 Å². The van der Waals surface area contributed by atoms with Crippen molar-refractivity contribution in [3.05, 3.63) is 0 Å². The summed E-state index contributed by atoms with van der Waals surface area (Å²) in [6, 6.07) is -1.74. The number of ketones is 3. The molecule has 0 aromatic carbocycles. The van der Waals surface area contributed by atoms with Crippen molar-refractivity contribution < 1.29 is 53.9 Å². The molecule has 0 spiro atoms. The first-order valence-electron chi connectivity index (χ1n) is 8.63. The molecule has 0 rings (SSSR count). The molecule has 2 amide bonds. The third-order valence-corrected chi connectivity index (χ3v) is 4.23. The fourth-order valence-corrected chi connectivity index (χ4v) is 2.86. The van der Waals surface area contributed by atoms with Crippen LogP contribution in [0.25, 0.3) is 0 Å². The van der Waals surface area contributed by atoms with E-state index in [0.717, 1.165) is 13.8 Å². The molecule has 170 valence electrons. The van der Waals surface area contributed by atoms with Crippen LogP contribution in [-0.4, -0.2) is 104 Å². The number of carbonyl (C=O) groups is 6. The molecule has 5 atom stereocenters. The van der Waals surface area contributed by atoms with E-state index in [4.69, 9.17) is 20.7 Å². The fraction of sp³-hybridized carbons (Fsp3) is 0.647. The van der Waals surface area contributed by atoms with Gasteiger partial charge in [0.1, 0.15) is 18.2 Å². The second kappa shape index (κ2) is 11.0. The third kappa shape index (κ3) is 5.31. The number of aliphatic hydroxyl groups excluding tert-OH is 4. The van der Waals surface area contributed by atoms with Crippen molar-refractivity contribution in [2.24, 2.45) is 5.73 Å². The zero-order valence-corrected chi connectivity index (χ0v) is 16.9. The van der Waals surface area contributed by atoms with E-state index in [-0.39, 0.29) is 4.90 Å². The van der Waals surface area contributed by atoms with E-state index in [1.165, 1.54) is 0 Å². The lowest BCUT2D eigenvalue weighted by molar-refractivity contribution is -0.193. The second-order valence-corrected chi connectivity index (χ2v) is 6.47. The molecule has 0 unspecified atom stereocenters. The summed E-state index contributed by atoms with van der Waals surface area (Å²) in [4.78, 5) is 74.1. The summed E-state index contributed by atoms with van der Waals surface area (Å²) < 4.78 is 4.88. The normalized spacial score (nSPS) is 17.0. The maximum Gasteiger partial charge on any atom is 0.325 e. The first-order chi connectivity index (χ1) is 13.7. The van der Waals surface area contributed by atoms with Gasteiger partial charge in [-0.3, -0.25) is 33.7 Å². The van der Waals surface area contributed by atoms with Crippen molar-refractivity contribution in [3.8, 4) is 0 Å². The summed E-state index contributed by atoms with van der Waals surface area (Å²) >= 11 is 0. The topological polar surface area (TPSA) is 222 Å². The minimum atomic E-state index is -3.22. The molecule has 0 heterocycles. The van der Waals surface area contributed by atoms with Crippen molar-refractivity contribution in [2.45, 2.75) is 57.6 Å². The second-order valence-electron chi connectivity index (χ2n) is 6.47. The van der Waals surface area contributed by atoms with E-state index >= 15 is 0 Å². The van der Waals surface area contributed by atoms with Crippen LogP contribution in [0.2, 0.25) is 0 Å². The van der Waals surface area contributed by atoms with Crippen molar-refractivity contribution in [1.82, 2.24) is 4.90 Å².